The average Bonchev–Trinajstić information content (AvgIpc) is 2.60. The van der Waals surface area contributed by atoms with Crippen molar-refractivity contribution in [1.29, 1.82) is 0 Å². The SMILES string of the molecule is FC(F)(F)c1cc[c-]c(-c2ccc3ccccc3n2)c1.O=C(O)C(F)(F)F.[Ir]. The molecule has 0 unspecified atom stereocenters. The van der Waals surface area contributed by atoms with E-state index in [0.717, 1.165) is 23.0 Å². The molecule has 0 atom stereocenters. The van der Waals surface area contributed by atoms with Crippen molar-refractivity contribution in [3.8, 4) is 11.3 Å². The minimum atomic E-state index is -5.08. The molecule has 0 aliphatic rings. The zero-order valence-electron chi connectivity index (χ0n) is 13.6. The fraction of sp³-hybridized carbons (Fsp3) is 0.111. The maximum atomic E-state index is 12.7. The number of alkyl halides is 6. The van der Waals surface area contributed by atoms with Crippen LogP contribution in [0.1, 0.15) is 5.56 Å². The van der Waals surface area contributed by atoms with Crippen LogP contribution in [-0.2, 0) is 31.1 Å². The van der Waals surface area contributed by atoms with Gasteiger partial charge in [-0.15, -0.1) is 29.8 Å². The number of rotatable bonds is 1. The van der Waals surface area contributed by atoms with Crippen molar-refractivity contribution in [1.82, 2.24) is 4.98 Å². The summed E-state index contributed by atoms with van der Waals surface area (Å²) in [5, 5.41) is 8.07. The number of halogens is 6. The predicted molar refractivity (Wildman–Crippen MR) is 84.7 cm³/mol. The van der Waals surface area contributed by atoms with Gasteiger partial charge in [0.05, 0.1) is 5.52 Å². The van der Waals surface area contributed by atoms with Crippen molar-refractivity contribution in [3.05, 3.63) is 66.2 Å². The molecule has 28 heavy (non-hydrogen) atoms. The maximum Gasteiger partial charge on any atom is 0.490 e. The molecule has 3 nitrogen and oxygen atoms in total. The van der Waals surface area contributed by atoms with E-state index >= 15 is 0 Å². The Kier molecular flexibility index (Phi) is 7.72. The summed E-state index contributed by atoms with van der Waals surface area (Å²) in [4.78, 5) is 13.3. The molecule has 3 rings (SSSR count). The first-order chi connectivity index (χ1) is 12.5. The first-order valence-electron chi connectivity index (χ1n) is 7.23. The van der Waals surface area contributed by atoms with Crippen molar-refractivity contribution in [2.45, 2.75) is 12.4 Å². The number of hydrogen-bond donors (Lipinski definition) is 1. The normalized spacial score (nSPS) is 11.2. The number of aromatic nitrogens is 1. The summed E-state index contributed by atoms with van der Waals surface area (Å²) in [6, 6.07) is 17.1. The summed E-state index contributed by atoms with van der Waals surface area (Å²) >= 11 is 0. The van der Waals surface area contributed by atoms with Crippen molar-refractivity contribution < 1.29 is 56.3 Å². The number of carboxylic acids is 1. The second-order valence-corrected chi connectivity index (χ2v) is 5.18. The monoisotopic (exact) mass is 579 g/mol. The van der Waals surface area contributed by atoms with Crippen LogP contribution in [0.25, 0.3) is 22.2 Å². The number of carboxylic acid groups (broad SMARTS) is 1. The van der Waals surface area contributed by atoms with Crippen molar-refractivity contribution >= 4 is 16.9 Å². The summed E-state index contributed by atoms with van der Waals surface area (Å²) in [5.74, 6) is -2.76. The van der Waals surface area contributed by atoms with Gasteiger partial charge in [0, 0.05) is 20.1 Å². The first-order valence-corrected chi connectivity index (χ1v) is 7.23. The van der Waals surface area contributed by atoms with Gasteiger partial charge in [-0.1, -0.05) is 30.3 Å². The van der Waals surface area contributed by atoms with E-state index in [9.17, 15) is 26.3 Å². The van der Waals surface area contributed by atoms with Crippen LogP contribution < -0.4 is 0 Å². The number of fused-ring (bicyclic) bond motifs is 1. The molecule has 1 radical (unpaired) electrons. The molecule has 0 aliphatic heterocycles. The average molecular weight is 578 g/mol. The zero-order chi connectivity index (χ0) is 20.2. The molecule has 0 bridgehead atoms. The molecule has 1 heterocycles. The molecule has 0 saturated heterocycles. The van der Waals surface area contributed by atoms with Gasteiger partial charge in [0.15, 0.2) is 0 Å². The maximum absolute atomic E-state index is 12.7. The molecule has 2 aromatic carbocycles. The van der Waals surface area contributed by atoms with Crippen molar-refractivity contribution in [3.63, 3.8) is 0 Å². The number of carbonyl (C=O) groups is 1. The third-order valence-electron chi connectivity index (χ3n) is 3.25. The predicted octanol–water partition coefficient (Wildman–Crippen LogP) is 5.35. The molecule has 0 aliphatic carbocycles. The Bertz CT molecular complexity index is 956. The molecule has 0 saturated carbocycles. The van der Waals surface area contributed by atoms with Crippen LogP contribution in [0.2, 0.25) is 0 Å². The van der Waals surface area contributed by atoms with Gasteiger partial charge < -0.3 is 5.11 Å². The van der Waals surface area contributed by atoms with Crippen LogP contribution in [0.15, 0.2) is 54.6 Å². The fourth-order valence-corrected chi connectivity index (χ4v) is 2.01. The Hall–Kier alpha value is -2.45. The van der Waals surface area contributed by atoms with E-state index < -0.39 is 23.9 Å². The number of benzene rings is 2. The zero-order valence-corrected chi connectivity index (χ0v) is 16.0. The van der Waals surface area contributed by atoms with E-state index in [-0.39, 0.29) is 20.1 Å². The Morgan fingerprint density at radius 1 is 0.964 bits per heavy atom. The van der Waals surface area contributed by atoms with E-state index in [4.69, 9.17) is 9.90 Å². The topological polar surface area (TPSA) is 50.2 Å². The molecular formula is C18H10F6IrNO2-. The van der Waals surface area contributed by atoms with Gasteiger partial charge in [0.1, 0.15) is 0 Å². The third kappa shape index (κ3) is 6.31. The molecular weight excluding hydrogens is 568 g/mol. The van der Waals surface area contributed by atoms with E-state index in [1.807, 2.05) is 30.3 Å². The number of pyridine rings is 1. The molecule has 10 heteroatoms. The Morgan fingerprint density at radius 3 is 2.14 bits per heavy atom. The summed E-state index contributed by atoms with van der Waals surface area (Å²) in [7, 11) is 0. The quantitative estimate of drug-likeness (QED) is 0.313. The van der Waals surface area contributed by atoms with Crippen LogP contribution in [0, 0.1) is 6.07 Å². The Balaban J connectivity index is 0.000000425. The van der Waals surface area contributed by atoms with E-state index in [1.54, 1.807) is 6.07 Å². The minimum absolute atomic E-state index is 0. The number of hydrogen-bond acceptors (Lipinski definition) is 2. The summed E-state index contributed by atoms with van der Waals surface area (Å²) in [6.07, 6.45) is -9.44. The molecule has 3 aromatic rings. The first kappa shape index (κ1) is 23.6. The standard InChI is InChI=1S/C16H9F3N.C2HF3O2.Ir/c17-16(18,19)13-6-3-5-12(10-13)15-9-8-11-4-1-2-7-14(11)20-15;3-2(4,5)1(6)7;/h1-4,6-10H;(H,6,7);/q-1;;. The van der Waals surface area contributed by atoms with E-state index in [2.05, 4.69) is 11.1 Å². The van der Waals surface area contributed by atoms with Gasteiger partial charge in [-0.05, 0) is 22.7 Å². The van der Waals surface area contributed by atoms with Crippen LogP contribution in [-0.4, -0.2) is 22.2 Å². The van der Waals surface area contributed by atoms with Crippen LogP contribution in [0.4, 0.5) is 26.3 Å². The molecule has 0 spiro atoms. The van der Waals surface area contributed by atoms with E-state index in [1.165, 1.54) is 6.07 Å². The molecule has 151 valence electrons. The number of nitrogens with zero attached hydrogens (tertiary/aromatic N) is 1. The summed E-state index contributed by atoms with van der Waals surface area (Å²) < 4.78 is 69.8. The summed E-state index contributed by atoms with van der Waals surface area (Å²) in [5.41, 5.74) is 0.873. The smallest absolute Gasteiger partial charge is 0.475 e. The molecule has 1 N–H and O–H groups in total. The summed E-state index contributed by atoms with van der Waals surface area (Å²) in [6.45, 7) is 0. The Labute approximate surface area is 168 Å². The van der Waals surface area contributed by atoms with E-state index in [0.29, 0.717) is 11.3 Å². The van der Waals surface area contributed by atoms with Gasteiger partial charge >= 0.3 is 18.3 Å². The molecule has 1 aromatic heterocycles. The second-order valence-electron chi connectivity index (χ2n) is 5.18. The van der Waals surface area contributed by atoms with Crippen molar-refractivity contribution in [2.24, 2.45) is 0 Å². The van der Waals surface area contributed by atoms with Gasteiger partial charge in [-0.3, -0.25) is 4.98 Å². The largest absolute Gasteiger partial charge is 0.490 e. The van der Waals surface area contributed by atoms with Crippen LogP contribution in [0.3, 0.4) is 0 Å². The van der Waals surface area contributed by atoms with Gasteiger partial charge in [-0.2, -0.15) is 26.3 Å². The number of aliphatic carboxylic acids is 1. The van der Waals surface area contributed by atoms with Crippen molar-refractivity contribution in [2.75, 3.05) is 0 Å². The third-order valence-corrected chi connectivity index (χ3v) is 3.25. The Morgan fingerprint density at radius 2 is 1.57 bits per heavy atom. The minimum Gasteiger partial charge on any atom is -0.475 e. The van der Waals surface area contributed by atoms with Gasteiger partial charge in [0.25, 0.3) is 0 Å². The number of para-hydroxylation sites is 1. The van der Waals surface area contributed by atoms with Gasteiger partial charge in [0.2, 0.25) is 0 Å². The van der Waals surface area contributed by atoms with Crippen LogP contribution in [0.5, 0.6) is 0 Å². The fourth-order valence-electron chi connectivity index (χ4n) is 2.01. The van der Waals surface area contributed by atoms with Gasteiger partial charge in [-0.25, -0.2) is 4.79 Å². The van der Waals surface area contributed by atoms with Crippen LogP contribution >= 0.6 is 0 Å². The molecule has 0 fully saturated rings. The molecule has 0 amide bonds. The second kappa shape index (κ2) is 9.16.